The van der Waals surface area contributed by atoms with Crippen LogP contribution in [0.25, 0.3) is 0 Å². The second-order valence-electron chi connectivity index (χ2n) is 6.61. The van der Waals surface area contributed by atoms with Crippen LogP contribution in [0.2, 0.25) is 0 Å². The topological polar surface area (TPSA) is 40.6 Å². The Balaban J connectivity index is 1.75. The van der Waals surface area contributed by atoms with Crippen molar-refractivity contribution < 1.29 is 14.0 Å². The van der Waals surface area contributed by atoms with Crippen molar-refractivity contribution in [2.75, 3.05) is 18.0 Å². The highest BCUT2D eigenvalue weighted by atomic mass is 19.1. The molecule has 23 heavy (non-hydrogen) atoms. The van der Waals surface area contributed by atoms with Gasteiger partial charge < -0.3 is 9.80 Å². The minimum absolute atomic E-state index is 0.0774. The molecule has 1 saturated carbocycles. The number of halogens is 1. The number of carbonyl (C=O) groups excluding carboxylic acids is 2. The number of benzene rings is 1. The predicted molar refractivity (Wildman–Crippen MR) is 86.6 cm³/mol. The average molecular weight is 318 g/mol. The summed E-state index contributed by atoms with van der Waals surface area (Å²) in [4.78, 5) is 28.6. The van der Waals surface area contributed by atoms with E-state index in [2.05, 4.69) is 0 Å². The zero-order chi connectivity index (χ0) is 16.6. The Hall–Kier alpha value is -1.91. The van der Waals surface area contributed by atoms with Gasteiger partial charge in [0.25, 0.3) is 0 Å². The summed E-state index contributed by atoms with van der Waals surface area (Å²) in [6, 6.07) is 4.35. The molecule has 1 aliphatic heterocycles. The summed E-state index contributed by atoms with van der Waals surface area (Å²) in [5.74, 6) is -0.259. The molecule has 0 N–H and O–H groups in total. The van der Waals surface area contributed by atoms with Crippen molar-refractivity contribution in [3.05, 3.63) is 29.6 Å². The van der Waals surface area contributed by atoms with Crippen molar-refractivity contribution in [2.24, 2.45) is 5.92 Å². The number of amides is 2. The molecule has 1 aromatic rings. The van der Waals surface area contributed by atoms with Gasteiger partial charge in [0.2, 0.25) is 11.8 Å². The fraction of sp³-hybridized carbons (Fsp3) is 0.556. The van der Waals surface area contributed by atoms with E-state index >= 15 is 0 Å². The Morgan fingerprint density at radius 3 is 2.57 bits per heavy atom. The minimum atomic E-state index is -0.485. The lowest BCUT2D eigenvalue weighted by Crippen LogP contribution is -2.58. The molecule has 1 aromatic carbocycles. The van der Waals surface area contributed by atoms with E-state index in [-0.39, 0.29) is 23.5 Å². The van der Waals surface area contributed by atoms with Gasteiger partial charge in [-0.05, 0) is 44.4 Å². The van der Waals surface area contributed by atoms with Crippen LogP contribution in [0.4, 0.5) is 10.1 Å². The SMILES string of the molecule is Cc1ccc(N2CCN(C(=O)C3CCCC3)C(C)C2=O)cc1F. The van der Waals surface area contributed by atoms with Crippen molar-refractivity contribution in [1.82, 2.24) is 4.90 Å². The van der Waals surface area contributed by atoms with Crippen LogP contribution < -0.4 is 4.90 Å². The van der Waals surface area contributed by atoms with E-state index in [1.807, 2.05) is 0 Å². The molecule has 1 aliphatic carbocycles. The van der Waals surface area contributed by atoms with Gasteiger partial charge in [0, 0.05) is 24.7 Å². The van der Waals surface area contributed by atoms with Gasteiger partial charge in [0.15, 0.2) is 0 Å². The largest absolute Gasteiger partial charge is 0.329 e. The number of anilines is 1. The quantitative estimate of drug-likeness (QED) is 0.841. The first kappa shape index (κ1) is 16.0. The fourth-order valence-corrected chi connectivity index (χ4v) is 3.58. The number of rotatable bonds is 2. The van der Waals surface area contributed by atoms with Crippen molar-refractivity contribution in [3.63, 3.8) is 0 Å². The Labute approximate surface area is 136 Å². The second kappa shape index (κ2) is 6.30. The third-order valence-corrected chi connectivity index (χ3v) is 5.11. The van der Waals surface area contributed by atoms with E-state index in [0.29, 0.717) is 24.3 Å². The summed E-state index contributed by atoms with van der Waals surface area (Å²) < 4.78 is 13.8. The smallest absolute Gasteiger partial charge is 0.249 e. The molecule has 1 unspecified atom stereocenters. The van der Waals surface area contributed by atoms with Crippen molar-refractivity contribution in [3.8, 4) is 0 Å². The normalized spacial score (nSPS) is 22.7. The molecule has 2 aliphatic rings. The second-order valence-corrected chi connectivity index (χ2v) is 6.61. The van der Waals surface area contributed by atoms with Crippen LogP contribution in [0.1, 0.15) is 38.2 Å². The van der Waals surface area contributed by atoms with E-state index in [4.69, 9.17) is 0 Å². The third kappa shape index (κ3) is 2.96. The molecular formula is C18H23FN2O2. The number of carbonyl (C=O) groups is 2. The third-order valence-electron chi connectivity index (χ3n) is 5.11. The number of piperazine rings is 1. The number of nitrogens with zero attached hydrogens (tertiary/aromatic N) is 2. The van der Waals surface area contributed by atoms with E-state index in [1.165, 1.54) is 6.07 Å². The van der Waals surface area contributed by atoms with Crippen LogP contribution in [-0.4, -0.2) is 35.8 Å². The van der Waals surface area contributed by atoms with Gasteiger partial charge in [-0.25, -0.2) is 4.39 Å². The summed E-state index contributed by atoms with van der Waals surface area (Å²) in [6.45, 7) is 4.40. The summed E-state index contributed by atoms with van der Waals surface area (Å²) in [5.41, 5.74) is 1.13. The molecule has 0 bridgehead atoms. The highest BCUT2D eigenvalue weighted by Gasteiger charge is 2.38. The molecule has 0 aromatic heterocycles. The zero-order valence-corrected chi connectivity index (χ0v) is 13.7. The Morgan fingerprint density at radius 1 is 1.22 bits per heavy atom. The van der Waals surface area contributed by atoms with Crippen molar-refractivity contribution >= 4 is 17.5 Å². The van der Waals surface area contributed by atoms with Gasteiger partial charge in [0.1, 0.15) is 11.9 Å². The van der Waals surface area contributed by atoms with Gasteiger partial charge >= 0.3 is 0 Å². The molecule has 2 amide bonds. The Bertz CT molecular complexity index is 625. The Kier molecular flexibility index (Phi) is 4.37. The molecule has 5 heteroatoms. The van der Waals surface area contributed by atoms with Gasteiger partial charge in [0.05, 0.1) is 0 Å². The first-order valence-electron chi connectivity index (χ1n) is 8.37. The lowest BCUT2D eigenvalue weighted by molar-refractivity contribution is -0.143. The van der Waals surface area contributed by atoms with E-state index in [0.717, 1.165) is 25.7 Å². The molecule has 2 fully saturated rings. The molecule has 1 atom stereocenters. The first-order chi connectivity index (χ1) is 11.0. The van der Waals surface area contributed by atoms with Crippen LogP contribution in [0, 0.1) is 18.7 Å². The first-order valence-corrected chi connectivity index (χ1v) is 8.37. The molecule has 4 nitrogen and oxygen atoms in total. The van der Waals surface area contributed by atoms with Gasteiger partial charge in [-0.15, -0.1) is 0 Å². The lowest BCUT2D eigenvalue weighted by atomic mass is 10.0. The monoisotopic (exact) mass is 318 g/mol. The van der Waals surface area contributed by atoms with Gasteiger partial charge in [-0.1, -0.05) is 18.9 Å². The van der Waals surface area contributed by atoms with E-state index < -0.39 is 6.04 Å². The summed E-state index contributed by atoms with van der Waals surface area (Å²) in [7, 11) is 0. The Morgan fingerprint density at radius 2 is 1.91 bits per heavy atom. The zero-order valence-electron chi connectivity index (χ0n) is 13.7. The van der Waals surface area contributed by atoms with Gasteiger partial charge in [-0.3, -0.25) is 9.59 Å². The highest BCUT2D eigenvalue weighted by Crippen LogP contribution is 2.29. The van der Waals surface area contributed by atoms with Crippen molar-refractivity contribution in [2.45, 2.75) is 45.6 Å². The highest BCUT2D eigenvalue weighted by molar-refractivity contribution is 6.00. The van der Waals surface area contributed by atoms with E-state index in [1.54, 1.807) is 35.8 Å². The molecule has 3 rings (SSSR count). The number of hydrogen-bond donors (Lipinski definition) is 0. The van der Waals surface area contributed by atoms with Gasteiger partial charge in [-0.2, -0.15) is 0 Å². The predicted octanol–water partition coefficient (Wildman–Crippen LogP) is 2.89. The molecular weight excluding hydrogens is 295 g/mol. The van der Waals surface area contributed by atoms with Crippen LogP contribution in [-0.2, 0) is 9.59 Å². The molecule has 0 radical (unpaired) electrons. The maximum atomic E-state index is 13.8. The standard InChI is InChI=1S/C18H23FN2O2/c1-12-7-8-15(11-16(12)19)21-10-9-20(13(2)17(21)22)18(23)14-5-3-4-6-14/h7-8,11,13-14H,3-6,9-10H2,1-2H3. The summed E-state index contributed by atoms with van der Waals surface area (Å²) in [6.07, 6.45) is 4.06. The average Bonchev–Trinajstić information content (AvgIpc) is 3.06. The minimum Gasteiger partial charge on any atom is -0.329 e. The molecule has 1 heterocycles. The number of hydrogen-bond acceptors (Lipinski definition) is 2. The lowest BCUT2D eigenvalue weighted by Gasteiger charge is -2.40. The summed E-state index contributed by atoms with van der Waals surface area (Å²) in [5, 5.41) is 0. The molecule has 1 saturated heterocycles. The van der Waals surface area contributed by atoms with E-state index in [9.17, 15) is 14.0 Å². The maximum Gasteiger partial charge on any atom is 0.249 e. The molecule has 0 spiro atoms. The summed E-state index contributed by atoms with van der Waals surface area (Å²) >= 11 is 0. The fourth-order valence-electron chi connectivity index (χ4n) is 3.58. The van der Waals surface area contributed by atoms with Crippen LogP contribution >= 0.6 is 0 Å². The van der Waals surface area contributed by atoms with Crippen LogP contribution in [0.5, 0.6) is 0 Å². The number of aryl methyl sites for hydroxylation is 1. The molecule has 124 valence electrons. The van der Waals surface area contributed by atoms with Crippen LogP contribution in [0.15, 0.2) is 18.2 Å². The maximum absolute atomic E-state index is 13.8. The van der Waals surface area contributed by atoms with Crippen molar-refractivity contribution in [1.29, 1.82) is 0 Å². The van der Waals surface area contributed by atoms with Crippen LogP contribution in [0.3, 0.4) is 0 Å².